The Balaban J connectivity index is 2.34. The lowest BCUT2D eigenvalue weighted by atomic mass is 10.1. The van der Waals surface area contributed by atoms with Crippen LogP contribution in [0.3, 0.4) is 0 Å². The summed E-state index contributed by atoms with van der Waals surface area (Å²) in [6.45, 7) is 0.229. The van der Waals surface area contributed by atoms with Crippen LogP contribution in [0.25, 0.3) is 0 Å². The second-order valence-corrected chi connectivity index (χ2v) is 5.54. The molecule has 1 N–H and O–H groups in total. The van der Waals surface area contributed by atoms with Gasteiger partial charge in [0.05, 0.1) is 5.56 Å². The van der Waals surface area contributed by atoms with Gasteiger partial charge in [-0.2, -0.15) is 13.2 Å². The average molecular weight is 366 g/mol. The van der Waals surface area contributed by atoms with E-state index in [1.165, 1.54) is 6.07 Å². The fraction of sp³-hybridized carbons (Fsp3) is 0.385. The Hall–Kier alpha value is -1.57. The van der Waals surface area contributed by atoms with Gasteiger partial charge in [0.25, 0.3) is 5.91 Å². The van der Waals surface area contributed by atoms with Gasteiger partial charge in [0.15, 0.2) is 0 Å². The molecule has 0 spiro atoms. The lowest BCUT2D eigenvalue weighted by Crippen LogP contribution is -2.40. The Morgan fingerprint density at radius 1 is 1.33 bits per heavy atom. The van der Waals surface area contributed by atoms with E-state index < -0.39 is 29.7 Å². The molecular weight excluding hydrogens is 355 g/mol. The zero-order chi connectivity index (χ0) is 15.8. The molecule has 0 bridgehead atoms. The third-order valence-corrected chi connectivity index (χ3v) is 4.01. The Kier molecular flexibility index (Phi) is 4.27. The Morgan fingerprint density at radius 3 is 2.57 bits per heavy atom. The van der Waals surface area contributed by atoms with E-state index >= 15 is 0 Å². The molecule has 0 aromatic heterocycles. The maximum Gasteiger partial charge on any atom is 0.417 e. The number of halogens is 4. The second kappa shape index (κ2) is 5.67. The third kappa shape index (κ3) is 3.20. The topological polar surface area (TPSA) is 57.6 Å². The summed E-state index contributed by atoms with van der Waals surface area (Å²) in [5.74, 6) is -1.84. The summed E-state index contributed by atoms with van der Waals surface area (Å²) in [6, 6.07) is 2.15. The van der Waals surface area contributed by atoms with Crippen molar-refractivity contribution in [3.63, 3.8) is 0 Å². The number of alkyl halides is 3. The molecule has 1 heterocycles. The van der Waals surface area contributed by atoms with E-state index in [-0.39, 0.29) is 16.6 Å². The van der Waals surface area contributed by atoms with Crippen molar-refractivity contribution in [1.29, 1.82) is 0 Å². The molecule has 2 rings (SSSR count). The molecule has 4 nitrogen and oxygen atoms in total. The van der Waals surface area contributed by atoms with Gasteiger partial charge in [0.2, 0.25) is 0 Å². The number of carbonyl (C=O) groups excluding carboxylic acids is 1. The molecule has 1 saturated heterocycles. The van der Waals surface area contributed by atoms with Crippen LogP contribution in [-0.2, 0) is 11.0 Å². The zero-order valence-electron chi connectivity index (χ0n) is 10.7. The average Bonchev–Trinajstić information content (AvgIpc) is 2.86. The Morgan fingerprint density at radius 2 is 2.00 bits per heavy atom. The highest BCUT2D eigenvalue weighted by molar-refractivity contribution is 9.10. The molecule has 1 aromatic carbocycles. The molecular formula is C13H11BrF3NO3. The van der Waals surface area contributed by atoms with E-state index in [4.69, 9.17) is 5.11 Å². The van der Waals surface area contributed by atoms with Crippen molar-refractivity contribution in [3.8, 4) is 0 Å². The lowest BCUT2D eigenvalue weighted by Gasteiger charge is -2.22. The molecule has 1 aliphatic rings. The summed E-state index contributed by atoms with van der Waals surface area (Å²) in [6.07, 6.45) is -3.76. The molecule has 114 valence electrons. The largest absolute Gasteiger partial charge is 0.480 e. The van der Waals surface area contributed by atoms with Crippen LogP contribution in [0.2, 0.25) is 0 Å². The van der Waals surface area contributed by atoms with E-state index in [1.54, 1.807) is 0 Å². The molecule has 0 aliphatic carbocycles. The van der Waals surface area contributed by atoms with Crippen molar-refractivity contribution < 1.29 is 27.9 Å². The fourth-order valence-electron chi connectivity index (χ4n) is 2.31. The number of nitrogens with zero attached hydrogens (tertiary/aromatic N) is 1. The number of rotatable bonds is 2. The first-order chi connectivity index (χ1) is 9.71. The molecule has 1 aromatic rings. The van der Waals surface area contributed by atoms with Gasteiger partial charge in [0.1, 0.15) is 6.04 Å². The van der Waals surface area contributed by atoms with Gasteiger partial charge in [0, 0.05) is 16.6 Å². The predicted octanol–water partition coefficient (Wildman–Crippen LogP) is 3.16. The van der Waals surface area contributed by atoms with Crippen LogP contribution in [-0.4, -0.2) is 34.5 Å². The van der Waals surface area contributed by atoms with Crippen LogP contribution in [0, 0.1) is 0 Å². The highest BCUT2D eigenvalue weighted by Gasteiger charge is 2.37. The van der Waals surface area contributed by atoms with E-state index in [1.807, 2.05) is 0 Å². The summed E-state index contributed by atoms with van der Waals surface area (Å²) in [7, 11) is 0. The summed E-state index contributed by atoms with van der Waals surface area (Å²) < 4.78 is 38.3. The van der Waals surface area contributed by atoms with Crippen LogP contribution in [0.5, 0.6) is 0 Å². The zero-order valence-corrected chi connectivity index (χ0v) is 12.2. The number of carbonyl (C=O) groups is 2. The summed E-state index contributed by atoms with van der Waals surface area (Å²) in [4.78, 5) is 24.4. The Bertz CT molecular complexity index is 589. The first-order valence-corrected chi connectivity index (χ1v) is 6.91. The molecule has 1 amide bonds. The van der Waals surface area contributed by atoms with Crippen molar-refractivity contribution in [3.05, 3.63) is 33.8 Å². The highest BCUT2D eigenvalue weighted by Crippen LogP contribution is 2.35. The molecule has 1 aliphatic heterocycles. The lowest BCUT2D eigenvalue weighted by molar-refractivity contribution is -0.141. The molecule has 0 saturated carbocycles. The van der Waals surface area contributed by atoms with Crippen molar-refractivity contribution >= 4 is 27.8 Å². The van der Waals surface area contributed by atoms with Gasteiger partial charge in [-0.05, 0) is 31.0 Å². The molecule has 1 atom stereocenters. The van der Waals surface area contributed by atoms with Gasteiger partial charge in [-0.15, -0.1) is 0 Å². The van der Waals surface area contributed by atoms with E-state index in [9.17, 15) is 22.8 Å². The number of hydrogen-bond donors (Lipinski definition) is 1. The maximum absolute atomic E-state index is 12.8. The SMILES string of the molecule is O=C(O)C1CCCN1C(=O)c1ccc(Br)c(C(F)(F)F)c1. The van der Waals surface area contributed by atoms with Crippen molar-refractivity contribution in [2.24, 2.45) is 0 Å². The second-order valence-electron chi connectivity index (χ2n) is 4.69. The maximum atomic E-state index is 12.8. The van der Waals surface area contributed by atoms with Crippen LogP contribution in [0.4, 0.5) is 13.2 Å². The van der Waals surface area contributed by atoms with E-state index in [0.717, 1.165) is 17.0 Å². The minimum Gasteiger partial charge on any atom is -0.480 e. The quantitative estimate of drug-likeness (QED) is 0.875. The smallest absolute Gasteiger partial charge is 0.417 e. The number of amides is 1. The summed E-state index contributed by atoms with van der Waals surface area (Å²) in [5, 5.41) is 9.03. The summed E-state index contributed by atoms with van der Waals surface area (Å²) >= 11 is 2.79. The van der Waals surface area contributed by atoms with Crippen molar-refractivity contribution in [2.75, 3.05) is 6.54 Å². The number of hydrogen-bond acceptors (Lipinski definition) is 2. The first kappa shape index (κ1) is 15.8. The van der Waals surface area contributed by atoms with Gasteiger partial charge in [-0.25, -0.2) is 4.79 Å². The minimum absolute atomic E-state index is 0.164. The van der Waals surface area contributed by atoms with Crippen LogP contribution < -0.4 is 0 Å². The predicted molar refractivity (Wildman–Crippen MR) is 70.8 cm³/mol. The van der Waals surface area contributed by atoms with Gasteiger partial charge in [-0.1, -0.05) is 15.9 Å². The van der Waals surface area contributed by atoms with Crippen LogP contribution in [0.15, 0.2) is 22.7 Å². The summed E-state index contributed by atoms with van der Waals surface area (Å²) in [5.41, 5.74) is -1.13. The molecule has 8 heteroatoms. The normalized spacial score (nSPS) is 18.9. The molecule has 21 heavy (non-hydrogen) atoms. The highest BCUT2D eigenvalue weighted by atomic mass is 79.9. The van der Waals surface area contributed by atoms with E-state index in [2.05, 4.69) is 15.9 Å². The number of likely N-dealkylation sites (tertiary alicyclic amines) is 1. The number of benzene rings is 1. The first-order valence-electron chi connectivity index (χ1n) is 6.12. The number of carboxylic acid groups (broad SMARTS) is 1. The third-order valence-electron chi connectivity index (χ3n) is 3.32. The number of carboxylic acids is 1. The number of aliphatic carboxylic acids is 1. The monoisotopic (exact) mass is 365 g/mol. The Labute approximate surface area is 126 Å². The molecule has 1 fully saturated rings. The van der Waals surface area contributed by atoms with Crippen molar-refractivity contribution in [1.82, 2.24) is 4.90 Å². The molecule has 1 unspecified atom stereocenters. The van der Waals surface area contributed by atoms with Crippen LogP contribution >= 0.6 is 15.9 Å². The fourth-order valence-corrected chi connectivity index (χ4v) is 2.78. The standard InChI is InChI=1S/C13H11BrF3NO3/c14-9-4-3-7(6-8(9)13(15,16)17)11(19)18-5-1-2-10(18)12(20)21/h3-4,6,10H,1-2,5H2,(H,20,21). The van der Waals surface area contributed by atoms with Crippen LogP contribution in [0.1, 0.15) is 28.8 Å². The van der Waals surface area contributed by atoms with Crippen molar-refractivity contribution in [2.45, 2.75) is 25.1 Å². The van der Waals surface area contributed by atoms with E-state index in [0.29, 0.717) is 12.8 Å². The molecule has 0 radical (unpaired) electrons. The van der Waals surface area contributed by atoms with Gasteiger partial charge in [-0.3, -0.25) is 4.79 Å². The van der Waals surface area contributed by atoms with Gasteiger partial charge >= 0.3 is 12.1 Å². The minimum atomic E-state index is -4.59. The van der Waals surface area contributed by atoms with Gasteiger partial charge < -0.3 is 10.0 Å².